The van der Waals surface area contributed by atoms with Crippen molar-refractivity contribution in [2.75, 3.05) is 0 Å². The van der Waals surface area contributed by atoms with E-state index >= 15 is 0 Å². The Bertz CT molecular complexity index is 490. The highest BCUT2D eigenvalue weighted by Crippen LogP contribution is 2.37. The number of hydrogen-bond acceptors (Lipinski definition) is 4. The Balaban J connectivity index is 2.39. The molecule has 2 rings (SSSR count). The average molecular weight is 297 g/mol. The lowest BCUT2D eigenvalue weighted by molar-refractivity contribution is 0.00578. The molecule has 0 saturated carbocycles. The van der Waals surface area contributed by atoms with Gasteiger partial charge in [-0.1, -0.05) is 11.6 Å². The zero-order chi connectivity index (χ0) is 15.1. The second kappa shape index (κ2) is 5.30. The third-order valence-electron chi connectivity index (χ3n) is 4.06. The van der Waals surface area contributed by atoms with E-state index in [1.807, 2.05) is 40.7 Å². The van der Waals surface area contributed by atoms with Gasteiger partial charge < -0.3 is 15.0 Å². The van der Waals surface area contributed by atoms with E-state index in [4.69, 9.17) is 26.6 Å². The van der Waals surface area contributed by atoms with Gasteiger partial charge in [0.05, 0.1) is 11.2 Å². The number of rotatable bonds is 3. The van der Waals surface area contributed by atoms with Gasteiger partial charge in [-0.05, 0) is 52.7 Å². The smallest absolute Gasteiger partial charge is 0.399 e. The van der Waals surface area contributed by atoms with Crippen LogP contribution in [0.2, 0.25) is 5.15 Å². The van der Waals surface area contributed by atoms with Crippen LogP contribution in [-0.2, 0) is 15.7 Å². The minimum Gasteiger partial charge on any atom is -0.399 e. The van der Waals surface area contributed by atoms with E-state index < -0.39 is 18.3 Å². The molecular weight excluding hydrogens is 274 g/mol. The van der Waals surface area contributed by atoms with Gasteiger partial charge in [-0.3, -0.25) is 0 Å². The van der Waals surface area contributed by atoms with Crippen molar-refractivity contribution in [1.82, 2.24) is 4.98 Å². The standard InChI is InChI=1S/C14H22BClN2O2/c1-9(17)8-10-6-7-18-12(16)11(10)15-19-13(2,3)14(4,5)20-15/h6-7,9H,8,17H2,1-5H3. The van der Waals surface area contributed by atoms with Gasteiger partial charge in [-0.15, -0.1) is 0 Å². The Hall–Kier alpha value is -0.615. The molecule has 1 aliphatic rings. The fourth-order valence-corrected chi connectivity index (χ4v) is 2.49. The molecule has 1 saturated heterocycles. The molecule has 2 heterocycles. The molecule has 1 atom stereocenters. The third-order valence-corrected chi connectivity index (χ3v) is 4.36. The van der Waals surface area contributed by atoms with Crippen LogP contribution in [0.15, 0.2) is 12.3 Å². The molecule has 2 N–H and O–H groups in total. The third kappa shape index (κ3) is 2.86. The predicted molar refractivity (Wildman–Crippen MR) is 82.3 cm³/mol. The summed E-state index contributed by atoms with van der Waals surface area (Å²) >= 11 is 6.27. The van der Waals surface area contributed by atoms with Crippen molar-refractivity contribution in [1.29, 1.82) is 0 Å². The molecule has 1 unspecified atom stereocenters. The van der Waals surface area contributed by atoms with Crippen LogP contribution in [0.1, 0.15) is 40.2 Å². The Kier molecular flexibility index (Phi) is 4.18. The van der Waals surface area contributed by atoms with Crippen LogP contribution >= 0.6 is 11.6 Å². The van der Waals surface area contributed by atoms with E-state index in [1.54, 1.807) is 6.20 Å². The van der Waals surface area contributed by atoms with Crippen molar-refractivity contribution >= 4 is 24.2 Å². The summed E-state index contributed by atoms with van der Waals surface area (Å²) in [5.74, 6) is 0. The number of nitrogens with zero attached hydrogens (tertiary/aromatic N) is 1. The van der Waals surface area contributed by atoms with Crippen LogP contribution in [0.25, 0.3) is 0 Å². The van der Waals surface area contributed by atoms with Gasteiger partial charge in [0, 0.05) is 17.7 Å². The summed E-state index contributed by atoms with van der Waals surface area (Å²) in [4.78, 5) is 4.15. The Morgan fingerprint density at radius 2 is 1.85 bits per heavy atom. The number of halogens is 1. The predicted octanol–water partition coefficient (Wildman–Crippen LogP) is 1.92. The molecule has 1 aromatic rings. The molecule has 0 bridgehead atoms. The summed E-state index contributed by atoms with van der Waals surface area (Å²) in [6.07, 6.45) is 2.40. The van der Waals surface area contributed by atoms with Crippen LogP contribution in [-0.4, -0.2) is 29.3 Å². The summed E-state index contributed by atoms with van der Waals surface area (Å²) < 4.78 is 12.1. The van der Waals surface area contributed by atoms with Gasteiger partial charge in [0.1, 0.15) is 5.15 Å². The van der Waals surface area contributed by atoms with Gasteiger partial charge in [-0.25, -0.2) is 4.98 Å². The molecule has 1 aromatic heterocycles. The highest BCUT2D eigenvalue weighted by atomic mass is 35.5. The van der Waals surface area contributed by atoms with Crippen LogP contribution in [0, 0.1) is 0 Å². The number of aromatic nitrogens is 1. The van der Waals surface area contributed by atoms with Crippen molar-refractivity contribution in [3.8, 4) is 0 Å². The molecule has 0 radical (unpaired) electrons. The second-order valence-electron chi connectivity index (χ2n) is 6.44. The first-order valence-corrected chi connectivity index (χ1v) is 7.26. The van der Waals surface area contributed by atoms with Gasteiger partial charge >= 0.3 is 7.12 Å². The van der Waals surface area contributed by atoms with Crippen LogP contribution in [0.4, 0.5) is 0 Å². The van der Waals surface area contributed by atoms with Crippen molar-refractivity contribution in [2.24, 2.45) is 5.73 Å². The topological polar surface area (TPSA) is 57.4 Å². The zero-order valence-corrected chi connectivity index (χ0v) is 13.5. The maximum absolute atomic E-state index is 6.27. The monoisotopic (exact) mass is 296 g/mol. The van der Waals surface area contributed by atoms with E-state index in [0.717, 1.165) is 11.0 Å². The minimum absolute atomic E-state index is 0.0367. The molecule has 0 aromatic carbocycles. The molecule has 6 heteroatoms. The lowest BCUT2D eigenvalue weighted by Crippen LogP contribution is -2.41. The zero-order valence-electron chi connectivity index (χ0n) is 12.7. The van der Waals surface area contributed by atoms with Crippen LogP contribution in [0.5, 0.6) is 0 Å². The molecule has 1 aliphatic heterocycles. The maximum atomic E-state index is 6.27. The summed E-state index contributed by atoms with van der Waals surface area (Å²) in [7, 11) is -0.505. The summed E-state index contributed by atoms with van der Waals surface area (Å²) in [6.45, 7) is 10.0. The minimum atomic E-state index is -0.505. The lowest BCUT2D eigenvalue weighted by atomic mass is 9.76. The number of hydrogen-bond donors (Lipinski definition) is 1. The Labute approximate surface area is 126 Å². The van der Waals surface area contributed by atoms with Crippen LogP contribution < -0.4 is 11.2 Å². The number of nitrogens with two attached hydrogens (primary N) is 1. The van der Waals surface area contributed by atoms with Gasteiger partial charge in [0.2, 0.25) is 0 Å². The molecule has 110 valence electrons. The van der Waals surface area contributed by atoms with E-state index in [2.05, 4.69) is 4.98 Å². The molecular formula is C14H22BClN2O2. The second-order valence-corrected chi connectivity index (χ2v) is 6.80. The fourth-order valence-electron chi connectivity index (χ4n) is 2.22. The van der Waals surface area contributed by atoms with E-state index in [0.29, 0.717) is 11.6 Å². The van der Waals surface area contributed by atoms with Crippen molar-refractivity contribution < 1.29 is 9.31 Å². The first kappa shape index (κ1) is 15.8. The Morgan fingerprint density at radius 3 is 2.35 bits per heavy atom. The highest BCUT2D eigenvalue weighted by Gasteiger charge is 2.52. The highest BCUT2D eigenvalue weighted by molar-refractivity contribution is 6.66. The Morgan fingerprint density at radius 1 is 1.30 bits per heavy atom. The summed E-state index contributed by atoms with van der Waals surface area (Å²) in [5, 5.41) is 0.418. The molecule has 0 aliphatic carbocycles. The van der Waals surface area contributed by atoms with E-state index in [-0.39, 0.29) is 6.04 Å². The van der Waals surface area contributed by atoms with Crippen molar-refractivity contribution in [2.45, 2.75) is 58.3 Å². The van der Waals surface area contributed by atoms with Crippen LogP contribution in [0.3, 0.4) is 0 Å². The number of pyridine rings is 1. The summed E-state index contributed by atoms with van der Waals surface area (Å²) in [6, 6.07) is 1.96. The van der Waals surface area contributed by atoms with Crippen molar-refractivity contribution in [3.05, 3.63) is 23.0 Å². The quantitative estimate of drug-likeness (QED) is 0.684. The summed E-state index contributed by atoms with van der Waals surface area (Å²) in [5.41, 5.74) is 6.93. The van der Waals surface area contributed by atoms with E-state index in [9.17, 15) is 0 Å². The van der Waals surface area contributed by atoms with Gasteiger partial charge in [0.15, 0.2) is 0 Å². The van der Waals surface area contributed by atoms with Gasteiger partial charge in [0.25, 0.3) is 0 Å². The lowest BCUT2D eigenvalue weighted by Gasteiger charge is -2.32. The molecule has 0 amide bonds. The molecule has 0 spiro atoms. The van der Waals surface area contributed by atoms with Gasteiger partial charge in [-0.2, -0.15) is 0 Å². The largest absolute Gasteiger partial charge is 0.498 e. The first-order valence-electron chi connectivity index (χ1n) is 6.88. The average Bonchev–Trinajstić information content (AvgIpc) is 2.46. The van der Waals surface area contributed by atoms with Crippen molar-refractivity contribution in [3.63, 3.8) is 0 Å². The SMILES string of the molecule is CC(N)Cc1ccnc(Cl)c1B1OC(C)(C)C(C)(C)O1. The fraction of sp³-hybridized carbons (Fsp3) is 0.643. The normalized spacial score (nSPS) is 22.1. The first-order chi connectivity index (χ1) is 9.14. The molecule has 1 fully saturated rings. The molecule has 4 nitrogen and oxygen atoms in total. The maximum Gasteiger partial charge on any atom is 0.498 e. The van der Waals surface area contributed by atoms with E-state index in [1.165, 1.54) is 0 Å². The molecule has 20 heavy (non-hydrogen) atoms.